The predicted molar refractivity (Wildman–Crippen MR) is 89.1 cm³/mol. The van der Waals surface area contributed by atoms with Gasteiger partial charge < -0.3 is 4.74 Å². The van der Waals surface area contributed by atoms with Crippen molar-refractivity contribution in [1.82, 2.24) is 4.98 Å². The van der Waals surface area contributed by atoms with Gasteiger partial charge in [-0.15, -0.1) is 11.3 Å². The average molecular weight is 338 g/mol. The highest BCUT2D eigenvalue weighted by molar-refractivity contribution is 7.93. The second-order valence-electron chi connectivity index (χ2n) is 5.45. The van der Waals surface area contributed by atoms with Crippen LogP contribution < -0.4 is 9.46 Å². The van der Waals surface area contributed by atoms with Crippen molar-refractivity contribution in [2.75, 3.05) is 11.8 Å². The van der Waals surface area contributed by atoms with E-state index in [9.17, 15) is 8.42 Å². The van der Waals surface area contributed by atoms with Gasteiger partial charge in [0.2, 0.25) is 10.0 Å². The van der Waals surface area contributed by atoms with Crippen LogP contribution in [-0.2, 0) is 10.0 Å². The molecule has 2 aromatic rings. The van der Waals surface area contributed by atoms with E-state index in [4.69, 9.17) is 4.74 Å². The molecule has 1 fully saturated rings. The molecule has 0 spiro atoms. The molecule has 118 valence electrons. The first-order valence-corrected chi connectivity index (χ1v) is 9.41. The lowest BCUT2D eigenvalue weighted by atomic mass is 10.1. The number of aromatic nitrogens is 1. The fraction of sp³-hybridized carbons (Fsp3) is 0.400. The van der Waals surface area contributed by atoms with Gasteiger partial charge in [-0.05, 0) is 50.5 Å². The molecule has 0 amide bonds. The zero-order valence-corrected chi connectivity index (χ0v) is 14.3. The smallest absolute Gasteiger partial charge is 0.237 e. The van der Waals surface area contributed by atoms with Crippen molar-refractivity contribution in [3.05, 3.63) is 28.6 Å². The van der Waals surface area contributed by atoms with E-state index < -0.39 is 10.0 Å². The quantitative estimate of drug-likeness (QED) is 0.908. The second kappa shape index (κ2) is 5.55. The second-order valence-corrected chi connectivity index (χ2v) is 8.62. The van der Waals surface area contributed by atoms with Gasteiger partial charge in [-0.25, -0.2) is 13.4 Å². The lowest BCUT2D eigenvalue weighted by molar-refractivity contribution is 0.412. The van der Waals surface area contributed by atoms with E-state index in [0.717, 1.165) is 40.3 Å². The maximum absolute atomic E-state index is 12.0. The number of ether oxygens (including phenoxy) is 1. The van der Waals surface area contributed by atoms with Crippen molar-refractivity contribution in [3.63, 3.8) is 0 Å². The van der Waals surface area contributed by atoms with Crippen molar-refractivity contribution in [1.29, 1.82) is 0 Å². The maximum atomic E-state index is 12.0. The Kier molecular flexibility index (Phi) is 3.86. The van der Waals surface area contributed by atoms with E-state index in [2.05, 4.69) is 9.71 Å². The molecule has 1 N–H and O–H groups in total. The number of nitrogens with zero attached hydrogens (tertiary/aromatic N) is 1. The molecule has 7 heteroatoms. The molecule has 0 atom stereocenters. The number of sulfonamides is 1. The van der Waals surface area contributed by atoms with Crippen LogP contribution in [0.25, 0.3) is 11.3 Å². The highest BCUT2D eigenvalue weighted by atomic mass is 32.2. The van der Waals surface area contributed by atoms with Crippen LogP contribution in [-0.4, -0.2) is 25.8 Å². The van der Waals surface area contributed by atoms with Gasteiger partial charge in [-0.2, -0.15) is 0 Å². The molecule has 1 aliphatic carbocycles. The number of nitrogens with one attached hydrogen (secondary N) is 1. The van der Waals surface area contributed by atoms with Crippen LogP contribution in [0.15, 0.2) is 18.2 Å². The van der Waals surface area contributed by atoms with Gasteiger partial charge in [0.15, 0.2) is 5.13 Å². The molecule has 0 unspecified atom stereocenters. The Morgan fingerprint density at radius 2 is 2.05 bits per heavy atom. The van der Waals surface area contributed by atoms with Gasteiger partial charge in [0.25, 0.3) is 0 Å². The summed E-state index contributed by atoms with van der Waals surface area (Å²) in [5.74, 6) is 0.825. The first-order valence-electron chi connectivity index (χ1n) is 7.05. The fourth-order valence-corrected chi connectivity index (χ4v) is 4.73. The molecule has 0 aliphatic heterocycles. The van der Waals surface area contributed by atoms with Gasteiger partial charge >= 0.3 is 0 Å². The predicted octanol–water partition coefficient (Wildman–Crippen LogP) is 3.34. The SMILES string of the molecule is COc1ccc(-c2nc(NS(=O)(=O)C3CC3)sc2C)cc1C. The Labute approximate surface area is 134 Å². The minimum absolute atomic E-state index is 0.247. The molecule has 3 rings (SSSR count). The van der Waals surface area contributed by atoms with E-state index in [1.807, 2.05) is 32.0 Å². The van der Waals surface area contributed by atoms with E-state index in [0.29, 0.717) is 5.13 Å². The maximum Gasteiger partial charge on any atom is 0.237 e. The van der Waals surface area contributed by atoms with E-state index in [1.165, 1.54) is 11.3 Å². The molecule has 0 saturated heterocycles. The summed E-state index contributed by atoms with van der Waals surface area (Å²) in [6, 6.07) is 5.84. The fourth-order valence-electron chi connectivity index (χ4n) is 2.32. The van der Waals surface area contributed by atoms with Crippen LogP contribution in [0.3, 0.4) is 0 Å². The molecule has 1 saturated carbocycles. The molecule has 0 bridgehead atoms. The molecular formula is C15H18N2O3S2. The van der Waals surface area contributed by atoms with Crippen molar-refractivity contribution in [3.8, 4) is 17.0 Å². The van der Waals surface area contributed by atoms with Crippen molar-refractivity contribution in [2.24, 2.45) is 0 Å². The van der Waals surface area contributed by atoms with Crippen LogP contribution in [0.2, 0.25) is 0 Å². The summed E-state index contributed by atoms with van der Waals surface area (Å²) >= 11 is 1.36. The number of hydrogen-bond donors (Lipinski definition) is 1. The van der Waals surface area contributed by atoms with Gasteiger partial charge in [-0.3, -0.25) is 4.72 Å². The van der Waals surface area contributed by atoms with Crippen molar-refractivity contribution >= 4 is 26.5 Å². The zero-order valence-electron chi connectivity index (χ0n) is 12.7. The normalized spacial score (nSPS) is 14.9. The third kappa shape index (κ3) is 2.96. The Bertz CT molecular complexity index is 808. The van der Waals surface area contributed by atoms with Crippen LogP contribution in [0.1, 0.15) is 23.3 Å². The number of aryl methyl sites for hydroxylation is 2. The monoisotopic (exact) mass is 338 g/mol. The highest BCUT2D eigenvalue weighted by Crippen LogP contribution is 2.35. The largest absolute Gasteiger partial charge is 0.496 e. The summed E-state index contributed by atoms with van der Waals surface area (Å²) in [5, 5.41) is 0.191. The molecule has 1 aromatic heterocycles. The number of rotatable bonds is 5. The Morgan fingerprint density at radius 1 is 1.32 bits per heavy atom. The van der Waals surface area contributed by atoms with Crippen LogP contribution in [0, 0.1) is 13.8 Å². The highest BCUT2D eigenvalue weighted by Gasteiger charge is 2.36. The summed E-state index contributed by atoms with van der Waals surface area (Å²) < 4.78 is 31.9. The standard InChI is InChI=1S/C15H18N2O3S2/c1-9-8-11(4-7-13(9)20-3)14-10(2)21-15(16-14)17-22(18,19)12-5-6-12/h4,7-8,12H,5-6H2,1-3H3,(H,16,17). The van der Waals surface area contributed by atoms with Gasteiger partial charge in [0.05, 0.1) is 18.1 Å². The summed E-state index contributed by atoms with van der Waals surface area (Å²) in [4.78, 5) is 5.44. The lowest BCUT2D eigenvalue weighted by Crippen LogP contribution is -2.17. The molecule has 1 aromatic carbocycles. The minimum atomic E-state index is -3.27. The topological polar surface area (TPSA) is 68.3 Å². The summed E-state index contributed by atoms with van der Waals surface area (Å²) in [7, 11) is -1.63. The first kappa shape index (κ1) is 15.3. The number of thiazole rings is 1. The molecule has 22 heavy (non-hydrogen) atoms. The number of benzene rings is 1. The van der Waals surface area contributed by atoms with Crippen LogP contribution >= 0.6 is 11.3 Å². The molecule has 5 nitrogen and oxygen atoms in total. The summed E-state index contributed by atoms with van der Waals surface area (Å²) in [6.45, 7) is 3.92. The zero-order chi connectivity index (χ0) is 15.9. The number of methoxy groups -OCH3 is 1. The number of anilines is 1. The minimum Gasteiger partial charge on any atom is -0.496 e. The van der Waals surface area contributed by atoms with E-state index >= 15 is 0 Å². The van der Waals surface area contributed by atoms with Crippen LogP contribution in [0.4, 0.5) is 5.13 Å². The summed E-state index contributed by atoms with van der Waals surface area (Å²) in [6.07, 6.45) is 1.48. The lowest BCUT2D eigenvalue weighted by Gasteiger charge is -2.06. The van der Waals surface area contributed by atoms with Crippen molar-refractivity contribution in [2.45, 2.75) is 31.9 Å². The Balaban J connectivity index is 1.90. The van der Waals surface area contributed by atoms with Gasteiger partial charge in [0, 0.05) is 10.4 Å². The van der Waals surface area contributed by atoms with Gasteiger partial charge in [0.1, 0.15) is 5.75 Å². The first-order chi connectivity index (χ1) is 10.4. The third-order valence-electron chi connectivity index (χ3n) is 3.66. The van der Waals surface area contributed by atoms with Crippen molar-refractivity contribution < 1.29 is 13.2 Å². The average Bonchev–Trinajstić information content (AvgIpc) is 3.24. The van der Waals surface area contributed by atoms with E-state index in [-0.39, 0.29) is 5.25 Å². The Hall–Kier alpha value is -1.60. The third-order valence-corrected chi connectivity index (χ3v) is 6.50. The van der Waals surface area contributed by atoms with E-state index in [1.54, 1.807) is 7.11 Å². The number of hydrogen-bond acceptors (Lipinski definition) is 5. The molecule has 1 heterocycles. The Morgan fingerprint density at radius 3 is 2.64 bits per heavy atom. The summed E-state index contributed by atoms with van der Waals surface area (Å²) in [5.41, 5.74) is 2.79. The van der Waals surface area contributed by atoms with Crippen LogP contribution in [0.5, 0.6) is 5.75 Å². The molecule has 1 aliphatic rings. The molecular weight excluding hydrogens is 320 g/mol. The van der Waals surface area contributed by atoms with Gasteiger partial charge in [-0.1, -0.05) is 0 Å². The molecule has 0 radical (unpaired) electrons.